The van der Waals surface area contributed by atoms with Crippen LogP contribution in [0.2, 0.25) is 5.02 Å². The van der Waals surface area contributed by atoms with Gasteiger partial charge in [-0.05, 0) is 38.1 Å². The molecule has 7 nitrogen and oxygen atoms in total. The maximum atomic E-state index is 6.27. The lowest BCUT2D eigenvalue weighted by molar-refractivity contribution is 0.0180. The van der Waals surface area contributed by atoms with Gasteiger partial charge in [0.15, 0.2) is 5.96 Å². The predicted molar refractivity (Wildman–Crippen MR) is 140 cm³/mol. The van der Waals surface area contributed by atoms with Crippen molar-refractivity contribution in [3.8, 4) is 0 Å². The van der Waals surface area contributed by atoms with Crippen LogP contribution in [0.15, 0.2) is 29.3 Å². The first-order valence-corrected chi connectivity index (χ1v) is 11.3. The number of nitrogens with zero attached hydrogens (tertiary/aromatic N) is 3. The summed E-state index contributed by atoms with van der Waals surface area (Å²) in [5, 5.41) is 7.58. The smallest absolute Gasteiger partial charge is 0.191 e. The summed E-state index contributed by atoms with van der Waals surface area (Å²) in [6.07, 6.45) is 1.04. The number of rotatable bonds is 12. The molecular weight excluding hydrogens is 529 g/mol. The first-order valence-electron chi connectivity index (χ1n) is 10.9. The molecule has 2 N–H and O–H groups in total. The molecule has 1 atom stereocenters. The zero-order chi connectivity index (χ0) is 21.6. The van der Waals surface area contributed by atoms with E-state index < -0.39 is 0 Å². The molecule has 0 aromatic heterocycles. The molecule has 1 aliphatic rings. The van der Waals surface area contributed by atoms with Crippen molar-refractivity contribution in [2.24, 2.45) is 4.99 Å². The van der Waals surface area contributed by atoms with E-state index in [1.54, 1.807) is 7.11 Å². The fourth-order valence-electron chi connectivity index (χ4n) is 3.51. The van der Waals surface area contributed by atoms with Gasteiger partial charge < -0.3 is 25.0 Å². The van der Waals surface area contributed by atoms with Crippen molar-refractivity contribution in [1.82, 2.24) is 20.4 Å². The number of halogens is 2. The van der Waals surface area contributed by atoms with Gasteiger partial charge in [-0.25, -0.2) is 0 Å². The van der Waals surface area contributed by atoms with Gasteiger partial charge in [0.05, 0.1) is 25.8 Å². The molecular formula is C22H39ClIN5O2. The number of likely N-dealkylation sites (N-methyl/N-ethyl adjacent to an activating group) is 1. The van der Waals surface area contributed by atoms with Crippen LogP contribution >= 0.6 is 35.6 Å². The topological polar surface area (TPSA) is 61.4 Å². The summed E-state index contributed by atoms with van der Waals surface area (Å²) in [5.41, 5.74) is 1.20. The summed E-state index contributed by atoms with van der Waals surface area (Å²) in [5.74, 6) is 0.850. The molecule has 2 rings (SSSR count). The fourth-order valence-corrected chi connectivity index (χ4v) is 3.71. The van der Waals surface area contributed by atoms with Crippen molar-refractivity contribution in [2.75, 3.05) is 79.8 Å². The van der Waals surface area contributed by atoms with Gasteiger partial charge in [-0.3, -0.25) is 9.89 Å². The van der Waals surface area contributed by atoms with Crippen LogP contribution in [0.3, 0.4) is 0 Å². The highest BCUT2D eigenvalue weighted by Gasteiger charge is 2.22. The van der Waals surface area contributed by atoms with Gasteiger partial charge >= 0.3 is 0 Å². The zero-order valence-electron chi connectivity index (χ0n) is 19.1. The maximum Gasteiger partial charge on any atom is 0.191 e. The van der Waals surface area contributed by atoms with Crippen molar-refractivity contribution in [3.63, 3.8) is 0 Å². The lowest BCUT2D eigenvalue weighted by atomic mass is 10.0. The standard InChI is InChI=1S/C22H38ClN5O2.HI/c1-4-24-22(25-9-11-27(2)10-6-14-29-3)26-18-21(28-12-15-30-16-13-28)19-7-5-8-20(23)17-19;/h5,7-8,17,21H,4,6,9-16,18H2,1-3H3,(H2,24,25,26);1H. The Kier molecular flexibility index (Phi) is 15.5. The molecule has 1 aromatic rings. The van der Waals surface area contributed by atoms with Gasteiger partial charge in [0.25, 0.3) is 0 Å². The van der Waals surface area contributed by atoms with Gasteiger partial charge in [0, 0.05) is 58.0 Å². The Morgan fingerprint density at radius 2 is 2.06 bits per heavy atom. The van der Waals surface area contributed by atoms with Crippen molar-refractivity contribution in [2.45, 2.75) is 19.4 Å². The second-order valence-electron chi connectivity index (χ2n) is 7.52. The van der Waals surface area contributed by atoms with Crippen molar-refractivity contribution in [3.05, 3.63) is 34.9 Å². The fraction of sp³-hybridized carbons (Fsp3) is 0.682. The third-order valence-electron chi connectivity index (χ3n) is 5.16. The molecule has 0 amide bonds. The number of benzene rings is 1. The highest BCUT2D eigenvalue weighted by Crippen LogP contribution is 2.24. The highest BCUT2D eigenvalue weighted by molar-refractivity contribution is 14.0. The van der Waals surface area contributed by atoms with Crippen LogP contribution in [-0.4, -0.2) is 95.6 Å². The van der Waals surface area contributed by atoms with E-state index in [9.17, 15) is 0 Å². The van der Waals surface area contributed by atoms with E-state index in [0.29, 0.717) is 6.54 Å². The van der Waals surface area contributed by atoms with Crippen LogP contribution in [0.5, 0.6) is 0 Å². The molecule has 1 saturated heterocycles. The van der Waals surface area contributed by atoms with Crippen LogP contribution in [0, 0.1) is 0 Å². The molecule has 0 saturated carbocycles. The third-order valence-corrected chi connectivity index (χ3v) is 5.40. The Morgan fingerprint density at radius 3 is 2.74 bits per heavy atom. The maximum absolute atomic E-state index is 6.27. The zero-order valence-corrected chi connectivity index (χ0v) is 22.2. The largest absolute Gasteiger partial charge is 0.385 e. The van der Waals surface area contributed by atoms with E-state index in [2.05, 4.69) is 40.5 Å². The molecule has 1 fully saturated rings. The monoisotopic (exact) mass is 567 g/mol. The molecule has 1 unspecified atom stereocenters. The van der Waals surface area contributed by atoms with E-state index in [4.69, 9.17) is 26.1 Å². The molecule has 1 aromatic carbocycles. The second-order valence-corrected chi connectivity index (χ2v) is 7.95. The highest BCUT2D eigenvalue weighted by atomic mass is 127. The van der Waals surface area contributed by atoms with Crippen LogP contribution in [-0.2, 0) is 9.47 Å². The van der Waals surface area contributed by atoms with Crippen molar-refractivity contribution >= 4 is 41.5 Å². The van der Waals surface area contributed by atoms with E-state index in [1.165, 1.54) is 5.56 Å². The molecule has 1 aliphatic heterocycles. The minimum absolute atomic E-state index is 0. The van der Waals surface area contributed by atoms with E-state index >= 15 is 0 Å². The van der Waals surface area contributed by atoms with Crippen LogP contribution < -0.4 is 10.6 Å². The van der Waals surface area contributed by atoms with E-state index in [0.717, 1.165) is 76.5 Å². The number of nitrogens with one attached hydrogen (secondary N) is 2. The molecule has 0 radical (unpaired) electrons. The van der Waals surface area contributed by atoms with Gasteiger partial charge in [0.1, 0.15) is 0 Å². The van der Waals surface area contributed by atoms with Gasteiger partial charge in [-0.2, -0.15) is 0 Å². The lowest BCUT2D eigenvalue weighted by Gasteiger charge is -2.34. The first kappa shape index (κ1) is 28.4. The van der Waals surface area contributed by atoms with Gasteiger partial charge in [-0.1, -0.05) is 23.7 Å². The third kappa shape index (κ3) is 11.2. The Bertz CT molecular complexity index is 632. The Balaban J connectivity index is 0.00000480. The molecule has 0 spiro atoms. The van der Waals surface area contributed by atoms with Crippen molar-refractivity contribution < 1.29 is 9.47 Å². The second kappa shape index (κ2) is 16.9. The van der Waals surface area contributed by atoms with E-state index in [1.807, 2.05) is 18.2 Å². The van der Waals surface area contributed by atoms with Gasteiger partial charge in [-0.15, -0.1) is 24.0 Å². The summed E-state index contributed by atoms with van der Waals surface area (Å²) in [6.45, 7) is 10.5. The molecule has 178 valence electrons. The lowest BCUT2D eigenvalue weighted by Crippen LogP contribution is -2.43. The number of ether oxygens (including phenoxy) is 2. The summed E-state index contributed by atoms with van der Waals surface area (Å²) in [7, 11) is 3.88. The summed E-state index contributed by atoms with van der Waals surface area (Å²) in [6, 6.07) is 8.29. The number of aliphatic imine (C=N–C) groups is 1. The number of methoxy groups -OCH3 is 1. The molecule has 1 heterocycles. The Morgan fingerprint density at radius 1 is 1.29 bits per heavy atom. The van der Waals surface area contributed by atoms with Crippen LogP contribution in [0.4, 0.5) is 0 Å². The number of guanidine groups is 1. The number of hydrogen-bond acceptors (Lipinski definition) is 5. The summed E-state index contributed by atoms with van der Waals surface area (Å²) in [4.78, 5) is 9.64. The summed E-state index contributed by atoms with van der Waals surface area (Å²) < 4.78 is 10.7. The van der Waals surface area contributed by atoms with E-state index in [-0.39, 0.29) is 30.0 Å². The average molecular weight is 568 g/mol. The quantitative estimate of drug-likeness (QED) is 0.175. The number of morpholine rings is 1. The SMILES string of the molecule is CCNC(=NCC(c1cccc(Cl)c1)N1CCOCC1)NCCN(C)CCCOC.I. The first-order chi connectivity index (χ1) is 14.6. The summed E-state index contributed by atoms with van der Waals surface area (Å²) >= 11 is 6.27. The minimum atomic E-state index is 0. The molecule has 9 heteroatoms. The van der Waals surface area contributed by atoms with Crippen LogP contribution in [0.25, 0.3) is 0 Å². The molecule has 0 bridgehead atoms. The Hall–Kier alpha value is -0.650. The van der Waals surface area contributed by atoms with Gasteiger partial charge in [0.2, 0.25) is 0 Å². The number of hydrogen-bond donors (Lipinski definition) is 2. The normalized spacial score (nSPS) is 16.1. The Labute approximate surface area is 209 Å². The molecule has 0 aliphatic carbocycles. The average Bonchev–Trinajstić information content (AvgIpc) is 2.75. The minimum Gasteiger partial charge on any atom is -0.385 e. The predicted octanol–water partition coefficient (Wildman–Crippen LogP) is 2.85. The van der Waals surface area contributed by atoms with Crippen molar-refractivity contribution in [1.29, 1.82) is 0 Å². The molecule has 31 heavy (non-hydrogen) atoms. The van der Waals surface area contributed by atoms with Crippen LogP contribution in [0.1, 0.15) is 24.9 Å².